The van der Waals surface area contributed by atoms with E-state index in [4.69, 9.17) is 4.74 Å². The van der Waals surface area contributed by atoms with Crippen molar-refractivity contribution >= 4 is 5.91 Å². The summed E-state index contributed by atoms with van der Waals surface area (Å²) >= 11 is 0. The lowest BCUT2D eigenvalue weighted by molar-refractivity contribution is -0.151. The average Bonchev–Trinajstić information content (AvgIpc) is 3.09. The Labute approximate surface area is 119 Å². The molecule has 2 aliphatic heterocycles. The fourth-order valence-corrected chi connectivity index (χ4v) is 3.04. The van der Waals surface area contributed by atoms with Crippen molar-refractivity contribution in [2.24, 2.45) is 7.05 Å². The highest BCUT2D eigenvalue weighted by atomic mass is 16.5. The Bertz CT molecular complexity index is 495. The quantitative estimate of drug-likeness (QED) is 0.842. The van der Waals surface area contributed by atoms with Crippen LogP contribution in [0.3, 0.4) is 0 Å². The van der Waals surface area contributed by atoms with E-state index in [0.29, 0.717) is 19.7 Å². The molecule has 0 aliphatic carbocycles. The van der Waals surface area contributed by atoms with Crippen molar-refractivity contribution in [2.45, 2.75) is 31.4 Å². The van der Waals surface area contributed by atoms with Crippen LogP contribution >= 0.6 is 0 Å². The maximum atomic E-state index is 12.5. The van der Waals surface area contributed by atoms with Crippen LogP contribution in [0.4, 0.5) is 0 Å². The van der Waals surface area contributed by atoms with Gasteiger partial charge in [-0.1, -0.05) is 0 Å². The van der Waals surface area contributed by atoms with E-state index in [2.05, 4.69) is 10.4 Å². The van der Waals surface area contributed by atoms with Crippen LogP contribution < -0.4 is 5.32 Å². The summed E-state index contributed by atoms with van der Waals surface area (Å²) in [6.07, 6.45) is 5.81. The van der Waals surface area contributed by atoms with Gasteiger partial charge < -0.3 is 15.0 Å². The second-order valence-electron chi connectivity index (χ2n) is 5.89. The van der Waals surface area contributed by atoms with Crippen LogP contribution in [0.5, 0.6) is 0 Å². The lowest BCUT2D eigenvalue weighted by Gasteiger charge is -2.40. The Kier molecular flexibility index (Phi) is 3.52. The van der Waals surface area contributed by atoms with Gasteiger partial charge in [-0.25, -0.2) is 0 Å². The maximum absolute atomic E-state index is 12.5. The molecule has 0 spiro atoms. The minimum atomic E-state index is -0.458. The molecule has 2 saturated heterocycles. The van der Waals surface area contributed by atoms with E-state index in [1.165, 1.54) is 0 Å². The molecule has 110 valence electrons. The van der Waals surface area contributed by atoms with E-state index in [-0.39, 0.29) is 11.9 Å². The predicted octanol–water partition coefficient (Wildman–Crippen LogP) is 0.246. The minimum Gasteiger partial charge on any atom is -0.367 e. The molecule has 0 radical (unpaired) electrons. The van der Waals surface area contributed by atoms with Gasteiger partial charge >= 0.3 is 0 Å². The topological polar surface area (TPSA) is 59.4 Å². The largest absolute Gasteiger partial charge is 0.367 e. The predicted molar refractivity (Wildman–Crippen MR) is 74.1 cm³/mol. The first kappa shape index (κ1) is 13.6. The molecule has 0 saturated carbocycles. The molecule has 0 aromatic carbocycles. The molecule has 20 heavy (non-hydrogen) atoms. The number of aromatic nitrogens is 2. The van der Waals surface area contributed by atoms with Crippen molar-refractivity contribution in [1.82, 2.24) is 20.0 Å². The Balaban J connectivity index is 1.74. The summed E-state index contributed by atoms with van der Waals surface area (Å²) in [7, 11) is 1.89. The zero-order chi connectivity index (χ0) is 14.2. The van der Waals surface area contributed by atoms with Crippen LogP contribution in [0.1, 0.15) is 25.3 Å². The Morgan fingerprint density at radius 3 is 3.10 bits per heavy atom. The monoisotopic (exact) mass is 278 g/mol. The summed E-state index contributed by atoms with van der Waals surface area (Å²) in [5.41, 5.74) is 0.567. The van der Waals surface area contributed by atoms with Gasteiger partial charge in [0.15, 0.2) is 0 Å². The fourth-order valence-electron chi connectivity index (χ4n) is 3.04. The lowest BCUT2D eigenvalue weighted by atomic mass is 9.96. The van der Waals surface area contributed by atoms with Crippen molar-refractivity contribution in [1.29, 1.82) is 0 Å². The van der Waals surface area contributed by atoms with Crippen molar-refractivity contribution in [3.8, 4) is 0 Å². The summed E-state index contributed by atoms with van der Waals surface area (Å²) < 4.78 is 7.71. The smallest absolute Gasteiger partial charge is 0.239 e. The van der Waals surface area contributed by atoms with Gasteiger partial charge in [0.2, 0.25) is 5.91 Å². The molecule has 1 aromatic heterocycles. The molecular weight excluding hydrogens is 256 g/mol. The maximum Gasteiger partial charge on any atom is 0.239 e. The van der Waals surface area contributed by atoms with E-state index < -0.39 is 5.60 Å². The molecule has 6 heteroatoms. The zero-order valence-electron chi connectivity index (χ0n) is 12.1. The Morgan fingerprint density at radius 1 is 1.60 bits per heavy atom. The summed E-state index contributed by atoms with van der Waals surface area (Å²) in [6.45, 7) is 4.82. The second kappa shape index (κ2) is 5.18. The normalized spacial score (nSPS) is 30.7. The second-order valence-corrected chi connectivity index (χ2v) is 5.89. The number of aryl methyl sites for hydroxylation is 1. The fraction of sp³-hybridized carbons (Fsp3) is 0.714. The number of carbonyl (C=O) groups is 1. The number of hydrogen-bond acceptors (Lipinski definition) is 4. The first-order valence-electron chi connectivity index (χ1n) is 7.24. The van der Waals surface area contributed by atoms with Gasteiger partial charge in [0.25, 0.3) is 0 Å². The van der Waals surface area contributed by atoms with Crippen molar-refractivity contribution in [3.63, 3.8) is 0 Å². The summed E-state index contributed by atoms with van der Waals surface area (Å²) in [4.78, 5) is 14.4. The molecular formula is C14H22N4O2. The molecule has 0 bridgehead atoms. The number of nitrogens with one attached hydrogen (secondary N) is 1. The van der Waals surface area contributed by atoms with E-state index in [0.717, 1.165) is 24.9 Å². The third kappa shape index (κ3) is 2.45. The summed E-state index contributed by atoms with van der Waals surface area (Å²) in [6, 6.07) is -0.00810. The van der Waals surface area contributed by atoms with Crippen LogP contribution in [0.25, 0.3) is 0 Å². The van der Waals surface area contributed by atoms with Crippen LogP contribution in [-0.4, -0.2) is 52.9 Å². The first-order valence-corrected chi connectivity index (χ1v) is 7.24. The Hall–Kier alpha value is -1.40. The van der Waals surface area contributed by atoms with Crippen molar-refractivity contribution < 1.29 is 9.53 Å². The van der Waals surface area contributed by atoms with E-state index >= 15 is 0 Å². The van der Waals surface area contributed by atoms with Gasteiger partial charge in [0.1, 0.15) is 5.60 Å². The number of amides is 1. The summed E-state index contributed by atoms with van der Waals surface area (Å²) in [5.74, 6) is 0.209. The van der Waals surface area contributed by atoms with Crippen LogP contribution in [0, 0.1) is 0 Å². The minimum absolute atomic E-state index is 0.00810. The molecule has 3 heterocycles. The third-order valence-electron chi connectivity index (χ3n) is 4.26. The van der Waals surface area contributed by atoms with Crippen molar-refractivity contribution in [3.05, 3.63) is 18.0 Å². The molecule has 1 amide bonds. The number of ether oxygens (including phenoxy) is 1. The Morgan fingerprint density at radius 2 is 2.45 bits per heavy atom. The zero-order valence-corrected chi connectivity index (χ0v) is 12.1. The van der Waals surface area contributed by atoms with Gasteiger partial charge in [-0.05, 0) is 26.3 Å². The standard InChI is InChI=1S/C14H22N4O2/c1-14(11-8-16-17(2)9-11)10-18(6-7-20-14)13(19)12-4-3-5-15-12/h8-9,12,15H,3-7,10H2,1-2H3. The lowest BCUT2D eigenvalue weighted by Crippen LogP contribution is -2.54. The van der Waals surface area contributed by atoms with Gasteiger partial charge in [0.05, 0.1) is 25.4 Å². The van der Waals surface area contributed by atoms with E-state index in [9.17, 15) is 4.79 Å². The number of hydrogen-bond donors (Lipinski definition) is 1. The molecule has 1 aromatic rings. The van der Waals surface area contributed by atoms with Gasteiger partial charge in [-0.2, -0.15) is 5.10 Å². The van der Waals surface area contributed by atoms with E-state index in [1.54, 1.807) is 4.68 Å². The summed E-state index contributed by atoms with van der Waals surface area (Å²) in [5, 5.41) is 7.48. The highest BCUT2D eigenvalue weighted by Gasteiger charge is 2.38. The molecule has 2 aliphatic rings. The number of rotatable bonds is 2. The first-order chi connectivity index (χ1) is 9.58. The SMILES string of the molecule is Cn1cc(C2(C)CN(C(=O)C3CCCN3)CCO2)cn1. The number of nitrogens with zero attached hydrogens (tertiary/aromatic N) is 3. The molecule has 2 unspecified atom stereocenters. The van der Waals surface area contributed by atoms with Gasteiger partial charge in [-0.3, -0.25) is 9.48 Å². The third-order valence-corrected chi connectivity index (χ3v) is 4.26. The number of morpholine rings is 1. The molecule has 1 N–H and O–H groups in total. The van der Waals surface area contributed by atoms with Crippen LogP contribution in [-0.2, 0) is 22.2 Å². The number of carbonyl (C=O) groups excluding carboxylic acids is 1. The van der Waals surface area contributed by atoms with Gasteiger partial charge in [0, 0.05) is 25.4 Å². The average molecular weight is 278 g/mol. The van der Waals surface area contributed by atoms with Crippen LogP contribution in [0.2, 0.25) is 0 Å². The molecule has 2 fully saturated rings. The molecule has 3 rings (SSSR count). The van der Waals surface area contributed by atoms with Crippen LogP contribution in [0.15, 0.2) is 12.4 Å². The van der Waals surface area contributed by atoms with E-state index in [1.807, 2.05) is 31.3 Å². The van der Waals surface area contributed by atoms with Crippen molar-refractivity contribution in [2.75, 3.05) is 26.2 Å². The molecule has 6 nitrogen and oxygen atoms in total. The highest BCUT2D eigenvalue weighted by Crippen LogP contribution is 2.29. The molecule has 2 atom stereocenters. The van der Waals surface area contributed by atoms with Gasteiger partial charge in [-0.15, -0.1) is 0 Å². The highest BCUT2D eigenvalue weighted by molar-refractivity contribution is 5.82.